The molecular formula is C31H34F2N6O. The number of nitriles is 1. The highest BCUT2D eigenvalue weighted by Gasteiger charge is 2.29. The van der Waals surface area contributed by atoms with Gasteiger partial charge in [0.1, 0.15) is 23.3 Å². The summed E-state index contributed by atoms with van der Waals surface area (Å²) in [5, 5.41) is 18.2. The van der Waals surface area contributed by atoms with Gasteiger partial charge in [0.2, 0.25) is 0 Å². The predicted molar refractivity (Wildman–Crippen MR) is 151 cm³/mol. The molecular weight excluding hydrogens is 510 g/mol. The van der Waals surface area contributed by atoms with Gasteiger partial charge in [0.25, 0.3) is 0 Å². The lowest BCUT2D eigenvalue weighted by molar-refractivity contribution is 0.0372. The monoisotopic (exact) mass is 544 g/mol. The smallest absolute Gasteiger partial charge is 0.130 e. The quantitative estimate of drug-likeness (QED) is 0.205. The van der Waals surface area contributed by atoms with Crippen LogP contribution < -0.4 is 0 Å². The number of halogens is 2. The summed E-state index contributed by atoms with van der Waals surface area (Å²) in [7, 11) is 0. The summed E-state index contributed by atoms with van der Waals surface area (Å²) in [4.78, 5) is 12.0. The van der Waals surface area contributed by atoms with Gasteiger partial charge in [-0.15, -0.1) is 0 Å². The number of unbranched alkanes of at least 4 members (excludes halogenated alkanes) is 1. The second-order valence-corrected chi connectivity index (χ2v) is 10.3. The Hall–Kier alpha value is -3.87. The van der Waals surface area contributed by atoms with Gasteiger partial charge in [0.15, 0.2) is 0 Å². The summed E-state index contributed by atoms with van der Waals surface area (Å²) in [6, 6.07) is 11.3. The number of hydrogen-bond acceptors (Lipinski definition) is 5. The maximum atomic E-state index is 14.4. The minimum atomic E-state index is -0.479. The summed E-state index contributed by atoms with van der Waals surface area (Å²) < 4.78 is 33.6. The molecule has 9 heteroatoms. The molecule has 0 saturated carbocycles. The van der Waals surface area contributed by atoms with E-state index in [1.165, 1.54) is 6.07 Å². The van der Waals surface area contributed by atoms with E-state index in [0.29, 0.717) is 24.4 Å². The summed E-state index contributed by atoms with van der Waals surface area (Å²) in [6.07, 6.45) is 9.48. The Balaban J connectivity index is 1.22. The fraction of sp³-hybridized carbons (Fsp3) is 0.387. The summed E-state index contributed by atoms with van der Waals surface area (Å²) in [5.41, 5.74) is 3.78. The van der Waals surface area contributed by atoms with Crippen molar-refractivity contribution in [2.24, 2.45) is 0 Å². The van der Waals surface area contributed by atoms with Crippen molar-refractivity contribution in [2.75, 3.05) is 39.4 Å². The molecule has 2 aromatic carbocycles. The predicted octanol–water partition coefficient (Wildman–Crippen LogP) is 5.71. The molecule has 2 saturated heterocycles. The average Bonchev–Trinajstić information content (AvgIpc) is 3.66. The first kappa shape index (κ1) is 27.7. The van der Waals surface area contributed by atoms with Crippen molar-refractivity contribution in [2.45, 2.75) is 38.1 Å². The van der Waals surface area contributed by atoms with Crippen LogP contribution in [0, 0.1) is 28.4 Å². The van der Waals surface area contributed by atoms with Crippen LogP contribution in [0.2, 0.25) is 0 Å². The minimum absolute atomic E-state index is 0.224. The number of morpholine rings is 1. The third-order valence-electron chi connectivity index (χ3n) is 7.68. The Morgan fingerprint density at radius 3 is 2.83 bits per heavy atom. The van der Waals surface area contributed by atoms with E-state index in [1.54, 1.807) is 23.2 Å². The number of aromatic amines is 1. The Morgan fingerprint density at radius 1 is 1.15 bits per heavy atom. The average molecular weight is 545 g/mol. The Morgan fingerprint density at radius 2 is 2.00 bits per heavy atom. The number of hydrogen-bond donors (Lipinski definition) is 2. The zero-order chi connectivity index (χ0) is 27.9. The molecule has 1 unspecified atom stereocenters. The van der Waals surface area contributed by atoms with Crippen molar-refractivity contribution in [3.63, 3.8) is 0 Å². The van der Waals surface area contributed by atoms with E-state index < -0.39 is 11.6 Å². The van der Waals surface area contributed by atoms with Gasteiger partial charge in [-0.1, -0.05) is 6.07 Å². The molecule has 7 nitrogen and oxygen atoms in total. The molecule has 5 rings (SSSR count). The number of nitrogens with one attached hydrogen (secondary N) is 2. The highest BCUT2D eigenvalue weighted by Crippen LogP contribution is 2.34. The van der Waals surface area contributed by atoms with Gasteiger partial charge in [-0.3, -0.25) is 10.3 Å². The van der Waals surface area contributed by atoms with Crippen LogP contribution in [0.5, 0.6) is 0 Å². The van der Waals surface area contributed by atoms with Crippen LogP contribution in [0.25, 0.3) is 17.3 Å². The van der Waals surface area contributed by atoms with Crippen LogP contribution in [0.15, 0.2) is 48.7 Å². The highest BCUT2D eigenvalue weighted by molar-refractivity contribution is 5.94. The van der Waals surface area contributed by atoms with Crippen LogP contribution in [-0.4, -0.2) is 65.0 Å². The molecule has 0 bridgehead atoms. The first-order valence-electron chi connectivity index (χ1n) is 13.9. The van der Waals surface area contributed by atoms with Gasteiger partial charge in [-0.05, 0) is 92.3 Å². The first-order valence-corrected chi connectivity index (χ1v) is 13.9. The molecule has 0 spiro atoms. The number of imidazole rings is 1. The van der Waals surface area contributed by atoms with E-state index >= 15 is 0 Å². The lowest BCUT2D eigenvalue weighted by atomic mass is 9.98. The number of amidine groups is 1. The van der Waals surface area contributed by atoms with Gasteiger partial charge < -0.3 is 14.6 Å². The Bertz CT molecular complexity index is 1410. The topological polar surface area (TPSA) is 92.0 Å². The Labute approximate surface area is 233 Å². The largest absolute Gasteiger partial charge is 0.379 e. The van der Waals surface area contributed by atoms with Gasteiger partial charge in [0, 0.05) is 25.2 Å². The molecule has 3 heterocycles. The van der Waals surface area contributed by atoms with Crippen LogP contribution in [0.1, 0.15) is 54.2 Å². The lowest BCUT2D eigenvalue weighted by Crippen LogP contribution is -2.36. The van der Waals surface area contributed by atoms with E-state index in [9.17, 15) is 14.0 Å². The molecule has 2 N–H and O–H groups in total. The molecule has 0 amide bonds. The maximum absolute atomic E-state index is 14.4. The molecule has 40 heavy (non-hydrogen) atoms. The van der Waals surface area contributed by atoms with Crippen molar-refractivity contribution < 1.29 is 13.5 Å². The summed E-state index contributed by atoms with van der Waals surface area (Å²) in [5.74, 6) is -0.122. The fourth-order valence-corrected chi connectivity index (χ4v) is 5.52. The molecule has 0 aliphatic carbocycles. The number of nitrogens with zero attached hydrogens (tertiary/aromatic N) is 4. The SMILES string of the molecule is N#Cc1ccc(-c2cnc(/C=C\C(=N)N3CCCC3c3cc(F)ccc3F)[nH]2)cc1CCCCN1CCOCC1. The molecule has 1 atom stereocenters. The van der Waals surface area contributed by atoms with Gasteiger partial charge in [-0.25, -0.2) is 13.8 Å². The Kier molecular flexibility index (Phi) is 8.99. The standard InChI is InChI=1S/C31H34F2N6O/c32-25-8-9-27(33)26(19-25)29-5-3-13-39(29)30(35)10-11-31-36-21-28(37-31)23-6-7-24(20-34)22(18-23)4-1-2-12-38-14-16-40-17-15-38/h6-11,18-19,21,29,35H,1-5,12-17H2,(H,36,37)/b11-10-,35-30?. The van der Waals surface area contributed by atoms with Crippen LogP contribution >= 0.6 is 0 Å². The number of likely N-dealkylation sites (tertiary alicyclic amines) is 1. The van der Waals surface area contributed by atoms with Crippen molar-refractivity contribution in [1.29, 1.82) is 10.7 Å². The number of benzene rings is 2. The summed E-state index contributed by atoms with van der Waals surface area (Å²) in [6.45, 7) is 5.23. The highest BCUT2D eigenvalue weighted by atomic mass is 19.1. The van der Waals surface area contributed by atoms with E-state index in [4.69, 9.17) is 10.1 Å². The molecule has 3 aromatic rings. The van der Waals surface area contributed by atoms with Gasteiger partial charge in [0.05, 0.1) is 42.8 Å². The van der Waals surface area contributed by atoms with Crippen LogP contribution in [0.4, 0.5) is 8.78 Å². The lowest BCUT2D eigenvalue weighted by Gasteiger charge is -2.26. The van der Waals surface area contributed by atoms with Gasteiger partial charge >= 0.3 is 0 Å². The van der Waals surface area contributed by atoms with E-state index in [2.05, 4.69) is 27.0 Å². The number of aromatic nitrogens is 2. The van der Waals surface area contributed by atoms with Gasteiger partial charge in [-0.2, -0.15) is 5.26 Å². The van der Waals surface area contributed by atoms with Crippen molar-refractivity contribution in [1.82, 2.24) is 19.8 Å². The number of ether oxygens (including phenoxy) is 1. The number of aryl methyl sites for hydroxylation is 1. The van der Waals surface area contributed by atoms with E-state index in [-0.39, 0.29) is 17.4 Å². The minimum Gasteiger partial charge on any atom is -0.379 e. The van der Waals surface area contributed by atoms with Crippen molar-refractivity contribution >= 4 is 11.9 Å². The normalized spacial score (nSPS) is 17.9. The zero-order valence-corrected chi connectivity index (χ0v) is 22.5. The third-order valence-corrected chi connectivity index (χ3v) is 7.68. The van der Waals surface area contributed by atoms with E-state index in [1.807, 2.05) is 12.1 Å². The zero-order valence-electron chi connectivity index (χ0n) is 22.5. The second kappa shape index (κ2) is 13.0. The van der Waals surface area contributed by atoms with Crippen molar-refractivity contribution in [3.8, 4) is 17.3 Å². The number of rotatable bonds is 9. The molecule has 208 valence electrons. The molecule has 1 aromatic heterocycles. The molecule has 2 fully saturated rings. The third kappa shape index (κ3) is 6.64. The molecule has 0 radical (unpaired) electrons. The fourth-order valence-electron chi connectivity index (χ4n) is 5.52. The second-order valence-electron chi connectivity index (χ2n) is 10.3. The van der Waals surface area contributed by atoms with Crippen molar-refractivity contribution in [3.05, 3.63) is 82.8 Å². The summed E-state index contributed by atoms with van der Waals surface area (Å²) >= 11 is 0. The first-order chi connectivity index (χ1) is 19.5. The molecule has 2 aliphatic heterocycles. The van der Waals surface area contributed by atoms with Crippen LogP contribution in [0.3, 0.4) is 0 Å². The maximum Gasteiger partial charge on any atom is 0.130 e. The number of H-pyrrole nitrogens is 1. The van der Waals surface area contributed by atoms with E-state index in [0.717, 1.165) is 87.5 Å². The van der Waals surface area contributed by atoms with Crippen LogP contribution in [-0.2, 0) is 11.2 Å². The molecule has 2 aliphatic rings.